The standard InChI is InChI=1S/C18H24N2O4S.C18H23NO2/c1-18-9-8-14-13-5-3-12(24-25(19,22)23)10-11(13)2-4-15(14)16(18)6-7-17(18)20-21;1-18-9-8-14-13-5-3-12(20)10-11(13)2-4-15(14)16(18)6-7-17(18)19-21/h3,5,10,14-16,21H,2,4,6-9H2,1H3,(H2,19,22,23);3,5,10,14-16,20-21H,2,4,6-9H2,1H3/b20-17+;19-17+/t2*14?,15?,16?,18-/m00/s1. The summed E-state index contributed by atoms with van der Waals surface area (Å²) in [5.74, 6) is 4.32. The molecular formula is C36H47N3O6S. The fraction of sp³-hybridized carbons (Fsp3) is 0.611. The lowest BCUT2D eigenvalue weighted by atomic mass is 9.55. The minimum absolute atomic E-state index is 0.0318. The van der Waals surface area contributed by atoms with Gasteiger partial charge in [0.2, 0.25) is 0 Å². The van der Waals surface area contributed by atoms with Crippen LogP contribution in [0.3, 0.4) is 0 Å². The van der Waals surface area contributed by atoms with Gasteiger partial charge in [0.15, 0.2) is 0 Å². The molecule has 4 saturated carbocycles. The van der Waals surface area contributed by atoms with Crippen molar-refractivity contribution in [1.29, 1.82) is 0 Å². The number of aromatic hydroxyl groups is 1. The monoisotopic (exact) mass is 649 g/mol. The molecule has 6 unspecified atom stereocenters. The van der Waals surface area contributed by atoms with Gasteiger partial charge in [-0.1, -0.05) is 36.3 Å². The number of nitrogens with zero attached hydrogens (tertiary/aromatic N) is 2. The van der Waals surface area contributed by atoms with E-state index in [4.69, 9.17) is 9.32 Å². The van der Waals surface area contributed by atoms with Gasteiger partial charge in [0, 0.05) is 10.8 Å². The quantitative estimate of drug-likeness (QED) is 0.202. The number of oxime groups is 2. The first-order valence-electron chi connectivity index (χ1n) is 17.0. The molecule has 4 fully saturated rings. The van der Waals surface area contributed by atoms with E-state index < -0.39 is 10.3 Å². The van der Waals surface area contributed by atoms with Gasteiger partial charge in [-0.3, -0.25) is 0 Å². The van der Waals surface area contributed by atoms with Crippen molar-refractivity contribution in [1.82, 2.24) is 0 Å². The lowest BCUT2D eigenvalue weighted by Crippen LogP contribution is -2.42. The smallest absolute Gasteiger partial charge is 0.380 e. The third-order valence-electron chi connectivity index (χ3n) is 13.3. The van der Waals surface area contributed by atoms with Crippen LogP contribution in [-0.2, 0) is 23.1 Å². The van der Waals surface area contributed by atoms with Crippen LogP contribution < -0.4 is 9.32 Å². The van der Waals surface area contributed by atoms with E-state index in [0.717, 1.165) is 69.2 Å². The molecule has 2 aromatic rings. The predicted molar refractivity (Wildman–Crippen MR) is 176 cm³/mol. The van der Waals surface area contributed by atoms with Gasteiger partial charge in [-0.15, -0.1) is 0 Å². The van der Waals surface area contributed by atoms with Gasteiger partial charge in [0.05, 0.1) is 11.4 Å². The summed E-state index contributed by atoms with van der Waals surface area (Å²) in [6.45, 7) is 4.57. The molecule has 0 bridgehead atoms. The van der Waals surface area contributed by atoms with E-state index >= 15 is 0 Å². The van der Waals surface area contributed by atoms with Gasteiger partial charge in [-0.05, 0) is 159 Å². The number of nitrogens with two attached hydrogens (primary N) is 1. The molecule has 2 aromatic carbocycles. The minimum atomic E-state index is -3.99. The first-order valence-corrected chi connectivity index (χ1v) is 18.5. The summed E-state index contributed by atoms with van der Waals surface area (Å²) < 4.78 is 27.1. The average Bonchev–Trinajstić information content (AvgIpc) is 3.55. The maximum absolute atomic E-state index is 11.1. The summed E-state index contributed by atoms with van der Waals surface area (Å²) in [6.07, 6.45) is 12.8. The van der Waals surface area contributed by atoms with E-state index in [9.17, 15) is 23.9 Å². The molecule has 0 aromatic heterocycles. The van der Waals surface area contributed by atoms with Crippen molar-refractivity contribution < 1.29 is 28.1 Å². The number of aryl methyl sites for hydroxylation is 2. The molecule has 46 heavy (non-hydrogen) atoms. The van der Waals surface area contributed by atoms with E-state index in [1.807, 2.05) is 24.3 Å². The van der Waals surface area contributed by atoms with Crippen molar-refractivity contribution >= 4 is 21.7 Å². The van der Waals surface area contributed by atoms with Gasteiger partial charge in [-0.25, -0.2) is 0 Å². The zero-order valence-electron chi connectivity index (χ0n) is 26.9. The third-order valence-corrected chi connectivity index (χ3v) is 13.8. The van der Waals surface area contributed by atoms with Crippen molar-refractivity contribution in [3.05, 3.63) is 58.7 Å². The van der Waals surface area contributed by atoms with Gasteiger partial charge in [-0.2, -0.15) is 13.6 Å². The van der Waals surface area contributed by atoms with Crippen molar-refractivity contribution in [3.8, 4) is 11.5 Å². The second-order valence-corrected chi connectivity index (χ2v) is 16.4. The maximum atomic E-state index is 11.1. The predicted octanol–water partition coefficient (Wildman–Crippen LogP) is 7.03. The summed E-state index contributed by atoms with van der Waals surface area (Å²) in [4.78, 5) is 0. The van der Waals surface area contributed by atoms with Gasteiger partial charge < -0.3 is 19.7 Å². The Morgan fingerprint density at radius 1 is 0.739 bits per heavy atom. The summed E-state index contributed by atoms with van der Waals surface area (Å²) in [5.41, 5.74) is 7.43. The van der Waals surface area contributed by atoms with E-state index in [2.05, 4.69) is 30.2 Å². The molecule has 8 atom stereocenters. The molecule has 8 rings (SSSR count). The summed E-state index contributed by atoms with van der Waals surface area (Å²) in [7, 11) is -3.99. The van der Waals surface area contributed by atoms with Crippen LogP contribution in [-0.4, -0.2) is 35.4 Å². The van der Waals surface area contributed by atoms with Crippen LogP contribution in [0.25, 0.3) is 0 Å². The van der Waals surface area contributed by atoms with E-state index in [1.165, 1.54) is 41.5 Å². The average molecular weight is 650 g/mol. The molecule has 0 heterocycles. The molecule has 10 heteroatoms. The SMILES string of the molecule is C[C@]12CCC3c4ccc(O)cc4CCC3C1CC/C2=N\O.C[C@]12CCC3c4ccc(OS(N)(=O)=O)cc4CCC3C1CC/C2=N\O. The van der Waals surface area contributed by atoms with Crippen molar-refractivity contribution in [2.75, 3.05) is 0 Å². The molecule has 6 aliphatic carbocycles. The van der Waals surface area contributed by atoms with Crippen LogP contribution in [0.1, 0.15) is 112 Å². The maximum Gasteiger partial charge on any atom is 0.380 e. The van der Waals surface area contributed by atoms with Crippen LogP contribution in [0, 0.1) is 34.5 Å². The number of benzene rings is 2. The fourth-order valence-electron chi connectivity index (χ4n) is 11.2. The second kappa shape index (κ2) is 11.5. The molecule has 5 N–H and O–H groups in total. The van der Waals surface area contributed by atoms with Crippen LogP contribution >= 0.6 is 0 Å². The Bertz CT molecular complexity index is 1690. The molecule has 0 radical (unpaired) electrons. The topological polar surface area (TPSA) is 155 Å². The first-order chi connectivity index (χ1) is 21.9. The Labute approximate surface area is 272 Å². The highest BCUT2D eigenvalue weighted by atomic mass is 32.2. The van der Waals surface area contributed by atoms with Gasteiger partial charge in [0.25, 0.3) is 0 Å². The zero-order chi connectivity index (χ0) is 32.4. The highest BCUT2D eigenvalue weighted by molar-refractivity contribution is 7.84. The first kappa shape index (κ1) is 31.5. The largest absolute Gasteiger partial charge is 0.508 e. The Hall–Kier alpha value is -3.11. The molecule has 0 spiro atoms. The fourth-order valence-corrected chi connectivity index (χ4v) is 11.6. The number of phenols is 1. The molecule has 248 valence electrons. The Balaban J connectivity index is 0.000000149. The lowest BCUT2D eigenvalue weighted by Gasteiger charge is -2.48. The van der Waals surface area contributed by atoms with E-state index in [-0.39, 0.29) is 16.6 Å². The Morgan fingerprint density at radius 2 is 1.24 bits per heavy atom. The summed E-state index contributed by atoms with van der Waals surface area (Å²) in [5, 5.41) is 40.6. The van der Waals surface area contributed by atoms with Gasteiger partial charge >= 0.3 is 10.3 Å². The van der Waals surface area contributed by atoms with Crippen LogP contribution in [0.2, 0.25) is 0 Å². The normalized spacial score (nSPS) is 37.5. The highest BCUT2D eigenvalue weighted by Gasteiger charge is 2.55. The Morgan fingerprint density at radius 3 is 1.74 bits per heavy atom. The second-order valence-electron chi connectivity index (χ2n) is 15.2. The molecule has 6 aliphatic rings. The zero-order valence-corrected chi connectivity index (χ0v) is 27.7. The highest BCUT2D eigenvalue weighted by Crippen LogP contribution is 2.61. The van der Waals surface area contributed by atoms with Crippen molar-refractivity contribution in [2.24, 2.45) is 50.0 Å². The summed E-state index contributed by atoms with van der Waals surface area (Å²) >= 11 is 0. The lowest BCUT2D eigenvalue weighted by molar-refractivity contribution is 0.0938. The Kier molecular flexibility index (Phi) is 7.90. The van der Waals surface area contributed by atoms with Crippen LogP contribution in [0.5, 0.6) is 11.5 Å². The summed E-state index contributed by atoms with van der Waals surface area (Å²) in [6, 6.07) is 11.5. The van der Waals surface area contributed by atoms with Crippen LogP contribution in [0.15, 0.2) is 46.7 Å². The third kappa shape index (κ3) is 5.20. The van der Waals surface area contributed by atoms with Crippen molar-refractivity contribution in [3.63, 3.8) is 0 Å². The molecule has 0 aliphatic heterocycles. The van der Waals surface area contributed by atoms with E-state index in [0.29, 0.717) is 41.3 Å². The molecule has 0 saturated heterocycles. The minimum Gasteiger partial charge on any atom is -0.508 e. The number of rotatable bonds is 2. The van der Waals surface area contributed by atoms with Crippen molar-refractivity contribution in [2.45, 2.75) is 103 Å². The molecular weight excluding hydrogens is 602 g/mol. The number of fused-ring (bicyclic) bond motifs is 10. The molecule has 9 nitrogen and oxygen atoms in total. The molecule has 0 amide bonds. The van der Waals surface area contributed by atoms with E-state index in [1.54, 1.807) is 6.07 Å². The number of phenolic OH excluding ortho intramolecular Hbond substituents is 1. The van der Waals surface area contributed by atoms with Crippen LogP contribution in [0.4, 0.5) is 0 Å². The number of hydrogen-bond acceptors (Lipinski definition) is 8. The van der Waals surface area contributed by atoms with Gasteiger partial charge in [0.1, 0.15) is 11.5 Å². The number of hydrogen-bond donors (Lipinski definition) is 4.